The van der Waals surface area contributed by atoms with Crippen molar-refractivity contribution in [3.05, 3.63) is 54.1 Å². The number of aryl methyl sites for hydroxylation is 1. The summed E-state index contributed by atoms with van der Waals surface area (Å²) in [6.45, 7) is 2.67. The molecule has 0 unspecified atom stereocenters. The molecule has 3 aromatic rings. The van der Waals surface area contributed by atoms with E-state index < -0.39 is 0 Å². The number of amides is 1. The molecule has 4 rings (SSSR count). The van der Waals surface area contributed by atoms with E-state index in [2.05, 4.69) is 15.3 Å². The first-order valence-corrected chi connectivity index (χ1v) is 9.53. The summed E-state index contributed by atoms with van der Waals surface area (Å²) in [6, 6.07) is 7.58. The number of nitrogens with zero attached hydrogens (tertiary/aromatic N) is 3. The Labute approximate surface area is 158 Å². The van der Waals surface area contributed by atoms with Crippen molar-refractivity contribution in [1.82, 2.24) is 14.4 Å². The van der Waals surface area contributed by atoms with Gasteiger partial charge in [-0.1, -0.05) is 19.3 Å². The van der Waals surface area contributed by atoms with Crippen LogP contribution in [0.15, 0.2) is 42.9 Å². The highest BCUT2D eigenvalue weighted by Gasteiger charge is 2.17. The molecule has 0 atom stereocenters. The van der Waals surface area contributed by atoms with Crippen LogP contribution in [-0.2, 0) is 0 Å². The number of rotatable bonds is 5. The number of hydrogen-bond acceptors (Lipinski definition) is 4. The van der Waals surface area contributed by atoms with Gasteiger partial charge >= 0.3 is 0 Å². The molecular formula is C21H24N4O2. The van der Waals surface area contributed by atoms with Crippen molar-refractivity contribution in [1.29, 1.82) is 0 Å². The lowest BCUT2D eigenvalue weighted by molar-refractivity contribution is 0.102. The number of pyridine rings is 2. The van der Waals surface area contributed by atoms with Gasteiger partial charge in [-0.25, -0.2) is 9.97 Å². The van der Waals surface area contributed by atoms with Crippen molar-refractivity contribution < 1.29 is 9.53 Å². The van der Waals surface area contributed by atoms with Crippen LogP contribution in [0.2, 0.25) is 0 Å². The SMILES string of the molecule is Cc1ccn2cc(C(=O)Nc3ncccc3OCC3CCCCC3)nc2c1. The number of carbonyl (C=O) groups excluding carboxylic acids is 1. The molecule has 6 heteroatoms. The molecule has 0 bridgehead atoms. The molecule has 0 aromatic carbocycles. The normalized spacial score (nSPS) is 15.0. The van der Waals surface area contributed by atoms with E-state index in [4.69, 9.17) is 4.74 Å². The lowest BCUT2D eigenvalue weighted by Gasteiger charge is -2.22. The number of fused-ring (bicyclic) bond motifs is 1. The minimum atomic E-state index is -0.294. The van der Waals surface area contributed by atoms with Gasteiger partial charge in [-0.3, -0.25) is 4.79 Å². The van der Waals surface area contributed by atoms with Crippen molar-refractivity contribution in [2.24, 2.45) is 5.92 Å². The van der Waals surface area contributed by atoms with E-state index in [0.29, 0.717) is 29.8 Å². The van der Waals surface area contributed by atoms with Gasteiger partial charge < -0.3 is 14.5 Å². The average Bonchev–Trinajstić information content (AvgIpc) is 3.11. The molecule has 1 saturated carbocycles. The highest BCUT2D eigenvalue weighted by atomic mass is 16.5. The van der Waals surface area contributed by atoms with Crippen LogP contribution in [0.5, 0.6) is 5.75 Å². The third-order valence-corrected chi connectivity index (χ3v) is 5.05. The zero-order valence-electron chi connectivity index (χ0n) is 15.5. The first-order valence-electron chi connectivity index (χ1n) is 9.53. The van der Waals surface area contributed by atoms with Gasteiger partial charge in [0.2, 0.25) is 0 Å². The summed E-state index contributed by atoms with van der Waals surface area (Å²) in [5.41, 5.74) is 2.20. The predicted molar refractivity (Wildman–Crippen MR) is 104 cm³/mol. The van der Waals surface area contributed by atoms with Crippen LogP contribution in [0, 0.1) is 12.8 Å². The zero-order chi connectivity index (χ0) is 18.6. The van der Waals surface area contributed by atoms with E-state index in [0.717, 1.165) is 11.2 Å². The van der Waals surface area contributed by atoms with Crippen molar-refractivity contribution in [3.63, 3.8) is 0 Å². The van der Waals surface area contributed by atoms with Crippen LogP contribution in [0.4, 0.5) is 5.82 Å². The quantitative estimate of drug-likeness (QED) is 0.735. The third kappa shape index (κ3) is 4.10. The molecule has 0 aliphatic heterocycles. The fourth-order valence-electron chi connectivity index (χ4n) is 3.53. The van der Waals surface area contributed by atoms with Crippen molar-refractivity contribution in [3.8, 4) is 5.75 Å². The topological polar surface area (TPSA) is 68.5 Å². The summed E-state index contributed by atoms with van der Waals surface area (Å²) >= 11 is 0. The molecule has 0 radical (unpaired) electrons. The van der Waals surface area contributed by atoms with E-state index in [-0.39, 0.29) is 5.91 Å². The number of carbonyl (C=O) groups is 1. The smallest absolute Gasteiger partial charge is 0.277 e. The van der Waals surface area contributed by atoms with E-state index in [1.165, 1.54) is 32.1 Å². The van der Waals surface area contributed by atoms with Crippen LogP contribution in [0.3, 0.4) is 0 Å². The second kappa shape index (κ2) is 7.78. The van der Waals surface area contributed by atoms with E-state index in [9.17, 15) is 4.79 Å². The maximum atomic E-state index is 12.6. The monoisotopic (exact) mass is 364 g/mol. The average molecular weight is 364 g/mol. The summed E-state index contributed by atoms with van der Waals surface area (Å²) in [5.74, 6) is 1.34. The minimum Gasteiger partial charge on any atom is -0.489 e. The Kier molecular flexibility index (Phi) is 5.05. The molecule has 0 spiro atoms. The van der Waals surface area contributed by atoms with Gasteiger partial charge in [0, 0.05) is 18.6 Å². The Morgan fingerprint density at radius 2 is 2.15 bits per heavy atom. The fraction of sp³-hybridized carbons (Fsp3) is 0.381. The Morgan fingerprint density at radius 3 is 3.00 bits per heavy atom. The first kappa shape index (κ1) is 17.5. The highest BCUT2D eigenvalue weighted by molar-refractivity contribution is 6.03. The molecule has 27 heavy (non-hydrogen) atoms. The summed E-state index contributed by atoms with van der Waals surface area (Å²) in [4.78, 5) is 21.3. The molecule has 3 aromatic heterocycles. The second-order valence-corrected chi connectivity index (χ2v) is 7.22. The van der Waals surface area contributed by atoms with Crippen LogP contribution in [-0.4, -0.2) is 26.9 Å². The van der Waals surface area contributed by atoms with Crippen molar-refractivity contribution in [2.75, 3.05) is 11.9 Å². The molecule has 1 N–H and O–H groups in total. The van der Waals surface area contributed by atoms with Crippen LogP contribution in [0.1, 0.15) is 48.2 Å². The van der Waals surface area contributed by atoms with Crippen molar-refractivity contribution >= 4 is 17.4 Å². The number of ether oxygens (including phenoxy) is 1. The van der Waals surface area contributed by atoms with Gasteiger partial charge in [0.25, 0.3) is 5.91 Å². The van der Waals surface area contributed by atoms with Gasteiger partial charge in [-0.2, -0.15) is 0 Å². The van der Waals surface area contributed by atoms with Crippen molar-refractivity contribution in [2.45, 2.75) is 39.0 Å². The number of anilines is 1. The number of hydrogen-bond donors (Lipinski definition) is 1. The predicted octanol–water partition coefficient (Wildman–Crippen LogP) is 4.25. The van der Waals surface area contributed by atoms with Crippen LogP contribution >= 0.6 is 0 Å². The van der Waals surface area contributed by atoms with Gasteiger partial charge in [-0.15, -0.1) is 0 Å². The number of aromatic nitrogens is 3. The van der Waals surface area contributed by atoms with Crippen LogP contribution in [0.25, 0.3) is 5.65 Å². The summed E-state index contributed by atoms with van der Waals surface area (Å²) in [7, 11) is 0. The van der Waals surface area contributed by atoms with Crippen LogP contribution < -0.4 is 10.1 Å². The maximum Gasteiger partial charge on any atom is 0.277 e. The van der Waals surface area contributed by atoms with Gasteiger partial charge in [0.05, 0.1) is 6.61 Å². The Bertz CT molecular complexity index is 944. The van der Waals surface area contributed by atoms with Gasteiger partial charge in [0.1, 0.15) is 11.3 Å². The molecule has 1 aliphatic rings. The Balaban J connectivity index is 1.47. The standard InChI is InChI=1S/C21H24N4O2/c1-15-9-11-25-13-17(23-19(25)12-15)21(26)24-20-18(8-5-10-22-20)27-14-16-6-3-2-4-7-16/h5,8-13,16H,2-4,6-7,14H2,1H3,(H,22,24,26). The van der Waals surface area contributed by atoms with Gasteiger partial charge in [-0.05, 0) is 55.5 Å². The molecule has 3 heterocycles. The molecule has 6 nitrogen and oxygen atoms in total. The van der Waals surface area contributed by atoms with Gasteiger partial charge in [0.15, 0.2) is 11.6 Å². The maximum absolute atomic E-state index is 12.6. The largest absolute Gasteiger partial charge is 0.489 e. The summed E-state index contributed by atoms with van der Waals surface area (Å²) < 4.78 is 7.82. The fourth-order valence-corrected chi connectivity index (χ4v) is 3.53. The molecule has 140 valence electrons. The lowest BCUT2D eigenvalue weighted by atomic mass is 9.90. The summed E-state index contributed by atoms with van der Waals surface area (Å²) in [6.07, 6.45) is 11.6. The minimum absolute atomic E-state index is 0.294. The zero-order valence-corrected chi connectivity index (χ0v) is 15.5. The first-order chi connectivity index (χ1) is 13.2. The van der Waals surface area contributed by atoms with E-state index in [1.54, 1.807) is 12.4 Å². The Morgan fingerprint density at radius 1 is 1.30 bits per heavy atom. The molecule has 0 saturated heterocycles. The van der Waals surface area contributed by atoms with E-state index >= 15 is 0 Å². The number of nitrogens with one attached hydrogen (secondary N) is 1. The molecular weight excluding hydrogens is 340 g/mol. The third-order valence-electron chi connectivity index (χ3n) is 5.05. The lowest BCUT2D eigenvalue weighted by Crippen LogP contribution is -2.18. The highest BCUT2D eigenvalue weighted by Crippen LogP contribution is 2.27. The Hall–Kier alpha value is -2.89. The molecule has 1 amide bonds. The van der Waals surface area contributed by atoms with E-state index in [1.807, 2.05) is 41.8 Å². The number of imidazole rings is 1. The summed E-state index contributed by atoms with van der Waals surface area (Å²) in [5, 5.41) is 2.84. The molecule has 1 fully saturated rings. The molecule has 1 aliphatic carbocycles. The second-order valence-electron chi connectivity index (χ2n) is 7.22.